The molecule has 1 aromatic rings. The number of carbonyl (C=O) groups excluding carboxylic acids is 1. The average Bonchev–Trinajstić information content (AvgIpc) is 2.66. The summed E-state index contributed by atoms with van der Waals surface area (Å²) >= 11 is 0. The second kappa shape index (κ2) is 6.73. The van der Waals surface area contributed by atoms with Crippen molar-refractivity contribution in [2.24, 2.45) is 0 Å². The van der Waals surface area contributed by atoms with Crippen molar-refractivity contribution < 1.29 is 13.9 Å². The lowest BCUT2D eigenvalue weighted by Crippen LogP contribution is -2.05. The van der Waals surface area contributed by atoms with Gasteiger partial charge in [0.2, 0.25) is 5.76 Å². The summed E-state index contributed by atoms with van der Waals surface area (Å²) in [5, 5.41) is 0. The van der Waals surface area contributed by atoms with Crippen LogP contribution in [0.3, 0.4) is 0 Å². The van der Waals surface area contributed by atoms with Gasteiger partial charge in [0, 0.05) is 5.92 Å². The summed E-state index contributed by atoms with van der Waals surface area (Å²) in [6.45, 7) is 4.14. The fraction of sp³-hybridized carbons (Fsp3) is 0.733. The summed E-state index contributed by atoms with van der Waals surface area (Å²) in [5.41, 5.74) is 0.734. The quantitative estimate of drug-likeness (QED) is 0.613. The van der Waals surface area contributed by atoms with Crippen molar-refractivity contribution in [2.45, 2.75) is 64.7 Å². The zero-order chi connectivity index (χ0) is 13.7. The van der Waals surface area contributed by atoms with E-state index in [-0.39, 0.29) is 5.97 Å². The third kappa shape index (κ3) is 3.37. The second-order valence-electron chi connectivity index (χ2n) is 5.09. The molecule has 1 aliphatic rings. The number of nitrogens with zero attached hydrogens (tertiary/aromatic N) is 1. The van der Waals surface area contributed by atoms with Crippen LogP contribution in [0.5, 0.6) is 0 Å². The first kappa shape index (κ1) is 14.1. The minimum Gasteiger partial charge on any atom is -0.460 e. The Morgan fingerprint density at radius 2 is 1.95 bits per heavy atom. The standard InChI is InChI=1S/C15H23NO3/c1-3-12-13(15(17)18-4-2)19-14(16-12)11-9-7-5-6-8-10-11/h11H,3-10H2,1-2H3. The fourth-order valence-corrected chi connectivity index (χ4v) is 2.67. The number of aromatic nitrogens is 1. The molecule has 106 valence electrons. The molecule has 1 aromatic heterocycles. The predicted molar refractivity (Wildman–Crippen MR) is 72.3 cm³/mol. The highest BCUT2D eigenvalue weighted by Gasteiger charge is 2.25. The molecule has 19 heavy (non-hydrogen) atoms. The first-order valence-electron chi connectivity index (χ1n) is 7.43. The van der Waals surface area contributed by atoms with E-state index >= 15 is 0 Å². The van der Waals surface area contributed by atoms with Gasteiger partial charge in [-0.05, 0) is 26.2 Å². The molecule has 0 atom stereocenters. The Hall–Kier alpha value is -1.32. The lowest BCUT2D eigenvalue weighted by molar-refractivity contribution is 0.0485. The largest absolute Gasteiger partial charge is 0.460 e. The van der Waals surface area contributed by atoms with E-state index in [1.54, 1.807) is 6.92 Å². The molecule has 0 aliphatic heterocycles. The topological polar surface area (TPSA) is 52.3 Å². The van der Waals surface area contributed by atoms with Crippen LogP contribution in [0.1, 0.15) is 80.4 Å². The van der Waals surface area contributed by atoms with E-state index in [4.69, 9.17) is 9.15 Å². The molecule has 1 fully saturated rings. The van der Waals surface area contributed by atoms with Gasteiger partial charge in [-0.3, -0.25) is 0 Å². The van der Waals surface area contributed by atoms with Crippen molar-refractivity contribution in [3.05, 3.63) is 17.3 Å². The van der Waals surface area contributed by atoms with Crippen molar-refractivity contribution in [3.8, 4) is 0 Å². The Morgan fingerprint density at radius 3 is 2.53 bits per heavy atom. The molecule has 1 saturated carbocycles. The Bertz CT molecular complexity index is 417. The van der Waals surface area contributed by atoms with E-state index in [9.17, 15) is 4.79 Å². The van der Waals surface area contributed by atoms with Crippen molar-refractivity contribution in [1.82, 2.24) is 4.98 Å². The van der Waals surface area contributed by atoms with Gasteiger partial charge in [-0.2, -0.15) is 0 Å². The third-order valence-electron chi connectivity index (χ3n) is 3.71. The minimum absolute atomic E-state index is 0.309. The van der Waals surface area contributed by atoms with Crippen LogP contribution >= 0.6 is 0 Å². The molecule has 0 aromatic carbocycles. The number of carbonyl (C=O) groups is 1. The molecule has 0 amide bonds. The molecule has 1 heterocycles. The molecule has 0 saturated heterocycles. The molecule has 4 nitrogen and oxygen atoms in total. The Kier molecular flexibility index (Phi) is 5.00. The predicted octanol–water partition coefficient (Wildman–Crippen LogP) is 3.85. The first-order valence-corrected chi connectivity index (χ1v) is 7.43. The maximum absolute atomic E-state index is 11.8. The number of rotatable bonds is 4. The van der Waals surface area contributed by atoms with E-state index in [0.29, 0.717) is 24.7 Å². The minimum atomic E-state index is -0.383. The van der Waals surface area contributed by atoms with E-state index in [1.165, 1.54) is 25.7 Å². The van der Waals surface area contributed by atoms with Gasteiger partial charge in [0.25, 0.3) is 0 Å². The van der Waals surface area contributed by atoms with Crippen molar-refractivity contribution >= 4 is 5.97 Å². The number of ether oxygens (including phenoxy) is 1. The maximum Gasteiger partial charge on any atom is 0.376 e. The highest BCUT2D eigenvalue weighted by Crippen LogP contribution is 2.32. The molecule has 0 spiro atoms. The third-order valence-corrected chi connectivity index (χ3v) is 3.71. The normalized spacial score (nSPS) is 17.2. The van der Waals surface area contributed by atoms with Crippen LogP contribution in [0.15, 0.2) is 4.42 Å². The van der Waals surface area contributed by atoms with E-state index in [2.05, 4.69) is 4.98 Å². The first-order chi connectivity index (χ1) is 9.26. The van der Waals surface area contributed by atoms with Crippen LogP contribution in [-0.4, -0.2) is 17.6 Å². The lowest BCUT2D eigenvalue weighted by atomic mass is 10.0. The number of hydrogen-bond donors (Lipinski definition) is 0. The lowest BCUT2D eigenvalue weighted by Gasteiger charge is -2.08. The number of oxazole rings is 1. The fourth-order valence-electron chi connectivity index (χ4n) is 2.67. The summed E-state index contributed by atoms with van der Waals surface area (Å²) in [6.07, 6.45) is 7.97. The Balaban J connectivity index is 2.19. The zero-order valence-electron chi connectivity index (χ0n) is 11.9. The van der Waals surface area contributed by atoms with Gasteiger partial charge in [0.15, 0.2) is 5.89 Å². The molecule has 0 N–H and O–H groups in total. The summed E-state index contributed by atoms with van der Waals surface area (Å²) in [7, 11) is 0. The van der Waals surface area contributed by atoms with Gasteiger partial charge < -0.3 is 9.15 Å². The molecule has 0 unspecified atom stereocenters. The van der Waals surface area contributed by atoms with Crippen LogP contribution in [0.25, 0.3) is 0 Å². The van der Waals surface area contributed by atoms with E-state index < -0.39 is 0 Å². The van der Waals surface area contributed by atoms with Gasteiger partial charge >= 0.3 is 5.97 Å². The maximum atomic E-state index is 11.8. The molecular formula is C15H23NO3. The zero-order valence-corrected chi connectivity index (χ0v) is 11.9. The van der Waals surface area contributed by atoms with Crippen LogP contribution in [-0.2, 0) is 11.2 Å². The van der Waals surface area contributed by atoms with Crippen molar-refractivity contribution in [1.29, 1.82) is 0 Å². The summed E-state index contributed by atoms with van der Waals surface area (Å²) < 4.78 is 10.8. The average molecular weight is 265 g/mol. The van der Waals surface area contributed by atoms with Gasteiger partial charge in [0.05, 0.1) is 12.3 Å². The summed E-state index contributed by atoms with van der Waals surface area (Å²) in [5.74, 6) is 1.04. The van der Waals surface area contributed by atoms with Gasteiger partial charge in [-0.15, -0.1) is 0 Å². The summed E-state index contributed by atoms with van der Waals surface area (Å²) in [6, 6.07) is 0. The van der Waals surface area contributed by atoms with Crippen molar-refractivity contribution in [2.75, 3.05) is 6.61 Å². The van der Waals surface area contributed by atoms with Crippen LogP contribution in [0, 0.1) is 0 Å². The van der Waals surface area contributed by atoms with Gasteiger partial charge in [0.1, 0.15) is 0 Å². The second-order valence-corrected chi connectivity index (χ2v) is 5.09. The van der Waals surface area contributed by atoms with Crippen LogP contribution in [0.4, 0.5) is 0 Å². The molecule has 1 aliphatic carbocycles. The number of esters is 1. The van der Waals surface area contributed by atoms with E-state index in [1.807, 2.05) is 6.92 Å². The molecule has 0 bridgehead atoms. The SMILES string of the molecule is CCOC(=O)c1oc(C2CCCCCC2)nc1CC. The van der Waals surface area contributed by atoms with Crippen molar-refractivity contribution in [3.63, 3.8) is 0 Å². The van der Waals surface area contributed by atoms with Gasteiger partial charge in [-0.25, -0.2) is 9.78 Å². The molecule has 4 heteroatoms. The number of aryl methyl sites for hydroxylation is 1. The highest BCUT2D eigenvalue weighted by molar-refractivity contribution is 5.87. The van der Waals surface area contributed by atoms with Gasteiger partial charge in [-0.1, -0.05) is 32.6 Å². The number of hydrogen-bond acceptors (Lipinski definition) is 4. The Morgan fingerprint density at radius 1 is 1.26 bits per heavy atom. The Labute approximate surface area is 114 Å². The van der Waals surface area contributed by atoms with E-state index in [0.717, 1.165) is 24.4 Å². The molecular weight excluding hydrogens is 242 g/mol. The molecule has 0 radical (unpaired) electrons. The molecule has 2 rings (SSSR count). The smallest absolute Gasteiger partial charge is 0.376 e. The summed E-state index contributed by atoms with van der Waals surface area (Å²) in [4.78, 5) is 16.4. The van der Waals surface area contributed by atoms with Crippen LogP contribution in [0.2, 0.25) is 0 Å². The highest BCUT2D eigenvalue weighted by atomic mass is 16.5. The monoisotopic (exact) mass is 265 g/mol. The van der Waals surface area contributed by atoms with Crippen LogP contribution < -0.4 is 0 Å².